The number of hydrogen-bond donors (Lipinski definition) is 4. The molecule has 0 unspecified atom stereocenters. The van der Waals surface area contributed by atoms with Crippen LogP contribution in [-0.2, 0) is 22.6 Å². The average Bonchev–Trinajstić information content (AvgIpc) is 2.77. The number of H-pyrrole nitrogens is 1. The Labute approximate surface area is 191 Å². The van der Waals surface area contributed by atoms with E-state index in [2.05, 4.69) is 10.3 Å². The molecule has 4 rings (SSSR count). The Morgan fingerprint density at radius 2 is 2.06 bits per heavy atom. The molecule has 1 aromatic heterocycles. The number of ether oxygens (including phenoxy) is 1. The summed E-state index contributed by atoms with van der Waals surface area (Å²) < 4.78 is 6.65. The van der Waals surface area contributed by atoms with Crippen molar-refractivity contribution in [1.82, 2.24) is 9.55 Å². The molecule has 2 heterocycles. The van der Waals surface area contributed by atoms with Crippen LogP contribution in [0.1, 0.15) is 30.0 Å². The van der Waals surface area contributed by atoms with Gasteiger partial charge in [0.15, 0.2) is 6.61 Å². The number of aromatic amines is 1. The first-order chi connectivity index (χ1) is 15.8. The lowest BCUT2D eigenvalue weighted by molar-refractivity contribution is -0.139. The minimum Gasteiger partial charge on any atom is -0.480 e. The molecular weight excluding hydrogens is 452 g/mol. The van der Waals surface area contributed by atoms with E-state index in [1.165, 1.54) is 4.57 Å². The monoisotopic (exact) mass is 472 g/mol. The van der Waals surface area contributed by atoms with E-state index in [0.717, 1.165) is 5.56 Å². The summed E-state index contributed by atoms with van der Waals surface area (Å²) >= 11 is 6.13. The van der Waals surface area contributed by atoms with Gasteiger partial charge in [-0.05, 0) is 48.2 Å². The van der Waals surface area contributed by atoms with Crippen LogP contribution in [-0.4, -0.2) is 33.1 Å². The molecule has 0 radical (unpaired) electrons. The molecule has 0 saturated carbocycles. The summed E-state index contributed by atoms with van der Waals surface area (Å²) in [4.78, 5) is 51.2. The van der Waals surface area contributed by atoms with Crippen LogP contribution in [0, 0.1) is 0 Å². The number of nitrogens with zero attached hydrogens (tertiary/aromatic N) is 1. The van der Waals surface area contributed by atoms with Crippen LogP contribution in [0.2, 0.25) is 5.02 Å². The number of hydrogen-bond acceptors (Lipinski definition) is 6. The lowest BCUT2D eigenvalue weighted by Crippen LogP contribution is -2.41. The molecule has 0 aliphatic carbocycles. The van der Waals surface area contributed by atoms with Gasteiger partial charge in [-0.25, -0.2) is 4.79 Å². The normalized spacial score (nSPS) is 14.8. The fourth-order valence-electron chi connectivity index (χ4n) is 4.08. The van der Waals surface area contributed by atoms with Gasteiger partial charge in [-0.15, -0.1) is 0 Å². The van der Waals surface area contributed by atoms with Gasteiger partial charge in [-0.3, -0.25) is 19.0 Å². The molecule has 3 aromatic rings. The number of carbonyl (C=O) groups excluding carboxylic acids is 1. The SMILES string of the molecule is NCc1ccc(NC(=O)C[C@@H]2CCc3cc(Cl)cc4[nH]c(=O)c(=O)n2c34)c(OCC(=O)O)c1. The number of rotatable bonds is 7. The van der Waals surface area contributed by atoms with E-state index >= 15 is 0 Å². The van der Waals surface area contributed by atoms with Crippen molar-refractivity contribution in [3.63, 3.8) is 0 Å². The highest BCUT2D eigenvalue weighted by Gasteiger charge is 2.27. The van der Waals surface area contributed by atoms with Crippen molar-refractivity contribution in [2.24, 2.45) is 5.73 Å². The molecule has 172 valence electrons. The van der Waals surface area contributed by atoms with E-state index in [1.54, 1.807) is 30.3 Å². The minimum atomic E-state index is -1.16. The predicted molar refractivity (Wildman–Crippen MR) is 122 cm³/mol. The Balaban J connectivity index is 1.62. The molecule has 1 aliphatic heterocycles. The molecule has 0 bridgehead atoms. The molecule has 5 N–H and O–H groups in total. The number of carbonyl (C=O) groups is 2. The first-order valence-corrected chi connectivity index (χ1v) is 10.6. The topological polar surface area (TPSA) is 157 Å². The number of aromatic nitrogens is 2. The summed E-state index contributed by atoms with van der Waals surface area (Å²) in [5.41, 5.74) is 6.92. The Morgan fingerprint density at radius 1 is 1.27 bits per heavy atom. The molecule has 0 fully saturated rings. The van der Waals surface area contributed by atoms with Gasteiger partial charge in [0.25, 0.3) is 0 Å². The van der Waals surface area contributed by atoms with Gasteiger partial charge in [0.2, 0.25) is 5.91 Å². The molecule has 0 saturated heterocycles. The fourth-order valence-corrected chi connectivity index (χ4v) is 4.32. The number of amides is 1. The Kier molecular flexibility index (Phi) is 6.21. The standard InChI is InChI=1S/C22H21ClN4O6/c23-13-6-12-2-3-14(27-20(12)16(7-13)26-21(31)22(27)32)8-18(28)25-15-4-1-11(9-24)5-17(15)33-10-19(29)30/h1,4-7,14H,2-3,8-10,24H2,(H,25,28)(H,26,31)(H,29,30)/t14-/m0/s1. The second-order valence-corrected chi connectivity index (χ2v) is 8.19. The van der Waals surface area contributed by atoms with Gasteiger partial charge >= 0.3 is 17.1 Å². The lowest BCUT2D eigenvalue weighted by Gasteiger charge is -2.27. The highest BCUT2D eigenvalue weighted by Crippen LogP contribution is 2.33. The third-order valence-electron chi connectivity index (χ3n) is 5.50. The Hall–Kier alpha value is -3.63. The summed E-state index contributed by atoms with van der Waals surface area (Å²) in [6.07, 6.45) is 0.976. The molecule has 10 nitrogen and oxygen atoms in total. The summed E-state index contributed by atoms with van der Waals surface area (Å²) in [5, 5.41) is 12.1. The second kappa shape index (κ2) is 9.08. The van der Waals surface area contributed by atoms with E-state index < -0.39 is 35.6 Å². The fraction of sp³-hybridized carbons (Fsp3) is 0.273. The third-order valence-corrected chi connectivity index (χ3v) is 5.71. The molecule has 1 amide bonds. The van der Waals surface area contributed by atoms with Gasteiger partial charge < -0.3 is 25.9 Å². The van der Waals surface area contributed by atoms with E-state index in [4.69, 9.17) is 27.2 Å². The largest absolute Gasteiger partial charge is 0.480 e. The maximum atomic E-state index is 12.9. The van der Waals surface area contributed by atoms with E-state index in [1.807, 2.05) is 0 Å². The van der Waals surface area contributed by atoms with Crippen LogP contribution in [0.25, 0.3) is 11.0 Å². The van der Waals surface area contributed by atoms with Crippen molar-refractivity contribution in [1.29, 1.82) is 0 Å². The molecule has 1 atom stereocenters. The molecule has 33 heavy (non-hydrogen) atoms. The van der Waals surface area contributed by atoms with Crippen LogP contribution in [0.5, 0.6) is 5.75 Å². The van der Waals surface area contributed by atoms with Gasteiger partial charge in [0.05, 0.1) is 16.7 Å². The smallest absolute Gasteiger partial charge is 0.341 e. The predicted octanol–water partition coefficient (Wildman–Crippen LogP) is 1.78. The first-order valence-electron chi connectivity index (χ1n) is 10.2. The van der Waals surface area contributed by atoms with Crippen molar-refractivity contribution < 1.29 is 19.4 Å². The molecule has 0 spiro atoms. The summed E-state index contributed by atoms with van der Waals surface area (Å²) in [6.45, 7) is -0.371. The van der Waals surface area contributed by atoms with E-state index in [0.29, 0.717) is 34.5 Å². The summed E-state index contributed by atoms with van der Waals surface area (Å²) in [7, 11) is 0. The highest BCUT2D eigenvalue weighted by molar-refractivity contribution is 6.31. The van der Waals surface area contributed by atoms with Crippen molar-refractivity contribution in [2.45, 2.75) is 31.8 Å². The van der Waals surface area contributed by atoms with E-state index in [-0.39, 0.29) is 24.4 Å². The van der Waals surface area contributed by atoms with Crippen LogP contribution in [0.4, 0.5) is 5.69 Å². The van der Waals surface area contributed by atoms with Gasteiger partial charge in [-0.2, -0.15) is 0 Å². The Bertz CT molecular complexity index is 1380. The van der Waals surface area contributed by atoms with Crippen molar-refractivity contribution in [3.8, 4) is 5.75 Å². The number of nitrogens with one attached hydrogen (secondary N) is 2. The number of halogens is 1. The zero-order chi connectivity index (χ0) is 23.7. The maximum Gasteiger partial charge on any atom is 0.341 e. The highest BCUT2D eigenvalue weighted by atomic mass is 35.5. The summed E-state index contributed by atoms with van der Waals surface area (Å²) in [5.74, 6) is -1.41. The first kappa shape index (κ1) is 22.6. The average molecular weight is 473 g/mol. The van der Waals surface area contributed by atoms with Crippen molar-refractivity contribution in [3.05, 3.63) is 67.2 Å². The number of nitrogens with two attached hydrogens (primary N) is 1. The summed E-state index contributed by atoms with van der Waals surface area (Å²) in [6, 6.07) is 7.61. The molecule has 2 aromatic carbocycles. The second-order valence-electron chi connectivity index (χ2n) is 7.75. The molecule has 1 aliphatic rings. The van der Waals surface area contributed by atoms with Gasteiger partial charge in [0.1, 0.15) is 5.75 Å². The van der Waals surface area contributed by atoms with Gasteiger partial charge in [-0.1, -0.05) is 17.7 Å². The zero-order valence-electron chi connectivity index (χ0n) is 17.4. The zero-order valence-corrected chi connectivity index (χ0v) is 18.1. The van der Waals surface area contributed by atoms with Gasteiger partial charge in [0, 0.05) is 24.0 Å². The van der Waals surface area contributed by atoms with Crippen LogP contribution in [0.3, 0.4) is 0 Å². The van der Waals surface area contributed by atoms with Crippen molar-refractivity contribution in [2.75, 3.05) is 11.9 Å². The van der Waals surface area contributed by atoms with Crippen LogP contribution >= 0.6 is 11.6 Å². The lowest BCUT2D eigenvalue weighted by atomic mass is 9.96. The van der Waals surface area contributed by atoms with E-state index in [9.17, 15) is 19.2 Å². The quantitative estimate of drug-likeness (QED) is 0.382. The Morgan fingerprint density at radius 3 is 2.79 bits per heavy atom. The number of aryl methyl sites for hydroxylation is 1. The number of carboxylic acids is 1. The molecular formula is C22H21ClN4O6. The number of benzene rings is 2. The minimum absolute atomic E-state index is 0.0719. The molecule has 11 heteroatoms. The van der Waals surface area contributed by atoms with Crippen molar-refractivity contribution >= 4 is 40.2 Å². The number of aliphatic carboxylic acids is 1. The maximum absolute atomic E-state index is 12.9. The van der Waals surface area contributed by atoms with Crippen LogP contribution < -0.4 is 26.9 Å². The number of anilines is 1. The van der Waals surface area contributed by atoms with Crippen LogP contribution in [0.15, 0.2) is 39.9 Å². The number of carboxylic acid groups (broad SMARTS) is 1. The third kappa shape index (κ3) is 4.62.